The molecule has 8 heavy (non-hydrogen) atoms. The summed E-state index contributed by atoms with van der Waals surface area (Å²) in [5.41, 5.74) is 1.77. The third-order valence-corrected chi connectivity index (χ3v) is 0.712. The number of hydrogen-bond acceptors (Lipinski definition) is 5. The lowest BCUT2D eigenvalue weighted by Gasteiger charge is -1.95. The molecule has 0 aromatic carbocycles. The molecule has 0 spiro atoms. The Hall–Kier alpha value is -0.260. The Bertz CT molecular complexity index is 69.7. The molecule has 0 aromatic rings. The van der Waals surface area contributed by atoms with E-state index >= 15 is 0 Å². The van der Waals surface area contributed by atoms with Crippen LogP contribution in [0.5, 0.6) is 0 Å². The van der Waals surface area contributed by atoms with Gasteiger partial charge in [0.15, 0.2) is 0 Å². The second-order valence-electron chi connectivity index (χ2n) is 1.07. The summed E-state index contributed by atoms with van der Waals surface area (Å²) < 4.78 is 0. The van der Waals surface area contributed by atoms with Crippen molar-refractivity contribution in [1.82, 2.24) is 5.59 Å². The molecular formula is C3H8N2O2S. The average molecular weight is 136 g/mol. The summed E-state index contributed by atoms with van der Waals surface area (Å²) in [6.07, 6.45) is 0.271. The highest BCUT2D eigenvalue weighted by Crippen LogP contribution is 1.84. The molecule has 0 heterocycles. The lowest BCUT2D eigenvalue weighted by atomic mass is 10.5. The molecule has 0 saturated carbocycles. The molecule has 0 rings (SSSR count). The normalized spacial score (nSPS) is 8.75. The van der Waals surface area contributed by atoms with Gasteiger partial charge in [-0.15, -0.1) is 0 Å². The summed E-state index contributed by atoms with van der Waals surface area (Å²) >= 11 is 3.78. The predicted molar refractivity (Wildman–Crippen MR) is 31.9 cm³/mol. The molecule has 0 aliphatic heterocycles. The smallest absolute Gasteiger partial charge is 0.327 e. The van der Waals surface area contributed by atoms with Gasteiger partial charge in [-0.1, -0.05) is 5.59 Å². The Morgan fingerprint density at radius 1 is 1.88 bits per heavy atom. The first kappa shape index (κ1) is 7.74. The summed E-state index contributed by atoms with van der Waals surface area (Å²) in [4.78, 5) is 14.4. The lowest BCUT2D eigenvalue weighted by Crippen LogP contribution is -2.26. The van der Waals surface area contributed by atoms with E-state index in [2.05, 4.69) is 23.3 Å². The second kappa shape index (κ2) is 4.89. The molecule has 48 valence electrons. The van der Waals surface area contributed by atoms with E-state index in [1.807, 2.05) is 0 Å². The number of nitrogens with one attached hydrogen (secondary N) is 1. The highest BCUT2D eigenvalue weighted by Gasteiger charge is 1.96. The van der Waals surface area contributed by atoms with Crippen molar-refractivity contribution in [3.8, 4) is 0 Å². The van der Waals surface area contributed by atoms with Gasteiger partial charge in [0.05, 0.1) is 6.42 Å². The van der Waals surface area contributed by atoms with Crippen LogP contribution in [-0.2, 0) is 9.63 Å². The number of carbonyl (C=O) groups excluding carboxylic acids is 1. The third-order valence-electron chi connectivity index (χ3n) is 0.489. The van der Waals surface area contributed by atoms with Gasteiger partial charge >= 0.3 is 5.97 Å². The topological polar surface area (TPSA) is 64.3 Å². The Labute approximate surface area is 52.7 Å². The molecule has 0 bridgehead atoms. The van der Waals surface area contributed by atoms with Crippen molar-refractivity contribution in [2.24, 2.45) is 5.84 Å². The van der Waals surface area contributed by atoms with Crippen molar-refractivity contribution < 1.29 is 9.63 Å². The monoisotopic (exact) mass is 136 g/mol. The summed E-state index contributed by atoms with van der Waals surface area (Å²) in [6, 6.07) is 0. The molecule has 0 unspecified atom stereocenters. The van der Waals surface area contributed by atoms with E-state index in [0.717, 1.165) is 0 Å². The van der Waals surface area contributed by atoms with Crippen LogP contribution in [0.4, 0.5) is 0 Å². The van der Waals surface area contributed by atoms with Crippen molar-refractivity contribution >= 4 is 18.6 Å². The maximum absolute atomic E-state index is 10.2. The molecule has 0 amide bonds. The fourth-order valence-corrected chi connectivity index (χ4v) is 0.391. The summed E-state index contributed by atoms with van der Waals surface area (Å²) in [6.45, 7) is 0. The van der Waals surface area contributed by atoms with E-state index in [1.165, 1.54) is 0 Å². The molecule has 3 N–H and O–H groups in total. The van der Waals surface area contributed by atoms with Gasteiger partial charge in [0, 0.05) is 5.75 Å². The van der Waals surface area contributed by atoms with Crippen molar-refractivity contribution in [3.63, 3.8) is 0 Å². The molecule has 0 aromatic heterocycles. The Morgan fingerprint density at radius 3 is 2.88 bits per heavy atom. The van der Waals surface area contributed by atoms with E-state index in [4.69, 9.17) is 0 Å². The van der Waals surface area contributed by atoms with Crippen molar-refractivity contribution in [2.75, 3.05) is 5.75 Å². The van der Waals surface area contributed by atoms with Crippen LogP contribution >= 0.6 is 12.6 Å². The van der Waals surface area contributed by atoms with Crippen LogP contribution in [0.2, 0.25) is 0 Å². The fourth-order valence-electron chi connectivity index (χ4n) is 0.208. The molecule has 5 heteroatoms. The van der Waals surface area contributed by atoms with Gasteiger partial charge in [0.25, 0.3) is 0 Å². The van der Waals surface area contributed by atoms with Crippen LogP contribution in [0.3, 0.4) is 0 Å². The van der Waals surface area contributed by atoms with Crippen LogP contribution in [-0.4, -0.2) is 11.7 Å². The Kier molecular flexibility index (Phi) is 4.73. The van der Waals surface area contributed by atoms with E-state index in [-0.39, 0.29) is 6.42 Å². The second-order valence-corrected chi connectivity index (χ2v) is 1.51. The zero-order chi connectivity index (χ0) is 6.41. The molecule has 0 aliphatic carbocycles. The van der Waals surface area contributed by atoms with Gasteiger partial charge < -0.3 is 4.84 Å². The van der Waals surface area contributed by atoms with Gasteiger partial charge in [0.1, 0.15) is 0 Å². The zero-order valence-electron chi connectivity index (χ0n) is 4.26. The molecular weight excluding hydrogens is 128 g/mol. The molecule has 0 fully saturated rings. The number of hydrogen-bond donors (Lipinski definition) is 3. The van der Waals surface area contributed by atoms with Gasteiger partial charge in [0.2, 0.25) is 0 Å². The largest absolute Gasteiger partial charge is 0.356 e. The van der Waals surface area contributed by atoms with E-state index in [0.29, 0.717) is 5.75 Å². The number of nitrogens with two attached hydrogens (primary N) is 1. The van der Waals surface area contributed by atoms with E-state index in [9.17, 15) is 4.79 Å². The standard InChI is InChI=1S/C3H8N2O2S/c4-5-7-3(6)1-2-8/h5,8H,1-2,4H2. The van der Waals surface area contributed by atoms with Crippen molar-refractivity contribution in [2.45, 2.75) is 6.42 Å². The Morgan fingerprint density at radius 2 is 2.50 bits per heavy atom. The maximum atomic E-state index is 10.2. The van der Waals surface area contributed by atoms with Crippen LogP contribution in [0, 0.1) is 0 Å². The van der Waals surface area contributed by atoms with Crippen molar-refractivity contribution in [1.29, 1.82) is 0 Å². The first-order valence-electron chi connectivity index (χ1n) is 2.07. The third kappa shape index (κ3) is 3.91. The number of thiol groups is 1. The van der Waals surface area contributed by atoms with E-state index in [1.54, 1.807) is 5.59 Å². The quantitative estimate of drug-likeness (QED) is 0.271. The molecule has 0 radical (unpaired) electrons. The highest BCUT2D eigenvalue weighted by molar-refractivity contribution is 7.80. The van der Waals surface area contributed by atoms with Crippen LogP contribution in [0.1, 0.15) is 6.42 Å². The minimum atomic E-state index is -0.400. The van der Waals surface area contributed by atoms with Crippen LogP contribution in [0.15, 0.2) is 0 Å². The number of hydrazine groups is 1. The van der Waals surface area contributed by atoms with Gasteiger partial charge in [-0.2, -0.15) is 12.6 Å². The summed E-state index contributed by atoms with van der Waals surface area (Å²) in [5, 5.41) is 0. The van der Waals surface area contributed by atoms with Crippen molar-refractivity contribution in [3.05, 3.63) is 0 Å². The molecule has 0 saturated heterocycles. The number of carbonyl (C=O) groups is 1. The molecule has 4 nitrogen and oxygen atoms in total. The van der Waals surface area contributed by atoms with Gasteiger partial charge in [-0.25, -0.2) is 5.84 Å². The fraction of sp³-hybridized carbons (Fsp3) is 0.667. The molecule has 0 atom stereocenters. The van der Waals surface area contributed by atoms with Crippen LogP contribution in [0.25, 0.3) is 0 Å². The highest BCUT2D eigenvalue weighted by atomic mass is 32.1. The SMILES string of the molecule is NNOC(=O)CCS. The molecule has 0 aliphatic rings. The lowest BCUT2D eigenvalue weighted by molar-refractivity contribution is -0.150. The average Bonchev–Trinajstić information content (AvgIpc) is 1.68. The zero-order valence-corrected chi connectivity index (χ0v) is 5.15. The maximum Gasteiger partial charge on any atom is 0.327 e. The Balaban J connectivity index is 3.06. The van der Waals surface area contributed by atoms with E-state index < -0.39 is 5.97 Å². The first-order chi connectivity index (χ1) is 3.81. The van der Waals surface area contributed by atoms with Gasteiger partial charge in [-0.3, -0.25) is 4.79 Å². The minimum Gasteiger partial charge on any atom is -0.356 e. The predicted octanol–water partition coefficient (Wildman–Crippen LogP) is -0.772. The van der Waals surface area contributed by atoms with Crippen LogP contribution < -0.4 is 11.4 Å². The number of rotatable bonds is 3. The van der Waals surface area contributed by atoms with Gasteiger partial charge in [-0.05, 0) is 0 Å². The minimum absolute atomic E-state index is 0.271. The summed E-state index contributed by atoms with van der Waals surface area (Å²) in [5.74, 6) is 4.71. The summed E-state index contributed by atoms with van der Waals surface area (Å²) in [7, 11) is 0. The first-order valence-corrected chi connectivity index (χ1v) is 2.70.